The molecule has 1 aromatic carbocycles. The monoisotopic (exact) mass is 325 g/mol. The summed E-state index contributed by atoms with van der Waals surface area (Å²) in [5.41, 5.74) is 3.29. The maximum atomic E-state index is 4.58. The van der Waals surface area contributed by atoms with Crippen molar-refractivity contribution in [3.8, 4) is 11.3 Å². The minimum atomic E-state index is 0.799. The number of hydrogen-bond acceptors (Lipinski definition) is 3. The summed E-state index contributed by atoms with van der Waals surface area (Å²) in [4.78, 5) is 1.27. The lowest BCUT2D eigenvalue weighted by Crippen LogP contribution is -2.10. The van der Waals surface area contributed by atoms with Crippen LogP contribution in [0.2, 0.25) is 0 Å². The zero-order chi connectivity index (χ0) is 13.1. The summed E-state index contributed by atoms with van der Waals surface area (Å²) in [6, 6.07) is 8.47. The average molecular weight is 326 g/mol. The van der Waals surface area contributed by atoms with E-state index in [2.05, 4.69) is 56.9 Å². The molecule has 1 N–H and O–H groups in total. The van der Waals surface area contributed by atoms with Crippen molar-refractivity contribution in [1.29, 1.82) is 0 Å². The fourth-order valence-electron chi connectivity index (χ4n) is 1.83. The molecule has 0 unspecified atom stereocenters. The van der Waals surface area contributed by atoms with Gasteiger partial charge in [0.15, 0.2) is 0 Å². The van der Waals surface area contributed by atoms with Crippen LogP contribution in [0.15, 0.2) is 33.6 Å². The molecule has 0 aliphatic heterocycles. The summed E-state index contributed by atoms with van der Waals surface area (Å²) in [6.07, 6.45) is 2.08. The molecule has 96 valence electrons. The van der Waals surface area contributed by atoms with E-state index in [1.807, 2.05) is 18.8 Å². The van der Waals surface area contributed by atoms with Gasteiger partial charge in [0.1, 0.15) is 5.69 Å². The second-order valence-electron chi connectivity index (χ2n) is 3.99. The molecule has 5 heteroatoms. The van der Waals surface area contributed by atoms with Gasteiger partial charge in [0.2, 0.25) is 0 Å². The highest BCUT2D eigenvalue weighted by atomic mass is 79.9. The van der Waals surface area contributed by atoms with Gasteiger partial charge in [-0.05, 0) is 41.4 Å². The molecule has 1 aromatic heterocycles. The van der Waals surface area contributed by atoms with Crippen LogP contribution in [0.1, 0.15) is 5.69 Å². The van der Waals surface area contributed by atoms with Crippen molar-refractivity contribution in [2.24, 2.45) is 7.05 Å². The fourth-order valence-corrected chi connectivity index (χ4v) is 2.94. The summed E-state index contributed by atoms with van der Waals surface area (Å²) in [7, 11) is 3.91. The van der Waals surface area contributed by atoms with Crippen molar-refractivity contribution in [1.82, 2.24) is 15.1 Å². The Bertz CT molecular complexity index is 534. The van der Waals surface area contributed by atoms with Crippen LogP contribution in [-0.4, -0.2) is 23.1 Å². The van der Waals surface area contributed by atoms with Gasteiger partial charge in [0.25, 0.3) is 0 Å². The molecule has 0 saturated carbocycles. The van der Waals surface area contributed by atoms with Crippen LogP contribution in [0, 0.1) is 0 Å². The first-order chi connectivity index (χ1) is 8.67. The SMILES string of the molecule is CNCc1c(Br)c(-c2ccc(SC)cc2)nn1C. The van der Waals surface area contributed by atoms with Crippen molar-refractivity contribution in [2.45, 2.75) is 11.4 Å². The molecule has 1 heterocycles. The van der Waals surface area contributed by atoms with Crippen LogP contribution in [-0.2, 0) is 13.6 Å². The number of hydrogen-bond donors (Lipinski definition) is 1. The molecule has 3 nitrogen and oxygen atoms in total. The molecule has 0 spiro atoms. The Morgan fingerprint density at radius 3 is 2.56 bits per heavy atom. The van der Waals surface area contributed by atoms with Gasteiger partial charge in [-0.2, -0.15) is 5.10 Å². The van der Waals surface area contributed by atoms with E-state index < -0.39 is 0 Å². The molecule has 2 aromatic rings. The highest BCUT2D eigenvalue weighted by molar-refractivity contribution is 9.10. The van der Waals surface area contributed by atoms with Crippen molar-refractivity contribution in [3.05, 3.63) is 34.4 Å². The minimum absolute atomic E-state index is 0.799. The Morgan fingerprint density at radius 1 is 1.33 bits per heavy atom. The Morgan fingerprint density at radius 2 is 2.00 bits per heavy atom. The van der Waals surface area contributed by atoms with Crippen LogP contribution in [0.4, 0.5) is 0 Å². The Balaban J connectivity index is 2.40. The third-order valence-electron chi connectivity index (χ3n) is 2.81. The molecule has 0 bridgehead atoms. The summed E-state index contributed by atoms with van der Waals surface area (Å²) < 4.78 is 2.98. The number of halogens is 1. The zero-order valence-electron chi connectivity index (χ0n) is 10.7. The summed E-state index contributed by atoms with van der Waals surface area (Å²) in [5, 5.41) is 7.73. The lowest BCUT2D eigenvalue weighted by Gasteiger charge is -2.01. The van der Waals surface area contributed by atoms with Gasteiger partial charge in [-0.1, -0.05) is 12.1 Å². The van der Waals surface area contributed by atoms with Crippen molar-refractivity contribution in [2.75, 3.05) is 13.3 Å². The molecule has 0 aliphatic rings. The van der Waals surface area contributed by atoms with E-state index in [-0.39, 0.29) is 0 Å². The van der Waals surface area contributed by atoms with E-state index in [9.17, 15) is 0 Å². The number of thioether (sulfide) groups is 1. The van der Waals surface area contributed by atoms with Gasteiger partial charge in [-0.3, -0.25) is 4.68 Å². The van der Waals surface area contributed by atoms with E-state index in [0.29, 0.717) is 0 Å². The molecular formula is C13H16BrN3S. The number of nitrogens with one attached hydrogen (secondary N) is 1. The average Bonchev–Trinajstić information content (AvgIpc) is 2.67. The molecule has 18 heavy (non-hydrogen) atoms. The van der Waals surface area contributed by atoms with E-state index in [0.717, 1.165) is 28.0 Å². The quantitative estimate of drug-likeness (QED) is 0.875. The van der Waals surface area contributed by atoms with Gasteiger partial charge < -0.3 is 5.32 Å². The maximum absolute atomic E-state index is 4.58. The largest absolute Gasteiger partial charge is 0.314 e. The predicted octanol–water partition coefficient (Wildman–Crippen LogP) is 3.29. The van der Waals surface area contributed by atoms with Gasteiger partial charge in [0, 0.05) is 24.1 Å². The summed E-state index contributed by atoms with van der Waals surface area (Å²) >= 11 is 5.39. The Kier molecular flexibility index (Phi) is 4.48. The van der Waals surface area contributed by atoms with Crippen molar-refractivity contribution >= 4 is 27.7 Å². The number of rotatable bonds is 4. The summed E-state index contributed by atoms with van der Waals surface area (Å²) in [5.74, 6) is 0. The van der Waals surface area contributed by atoms with Crippen molar-refractivity contribution < 1.29 is 0 Å². The first kappa shape index (κ1) is 13.6. The van der Waals surface area contributed by atoms with E-state index in [1.54, 1.807) is 11.8 Å². The number of aromatic nitrogens is 2. The third kappa shape index (κ3) is 2.63. The third-order valence-corrected chi connectivity index (χ3v) is 4.39. The molecule has 0 radical (unpaired) electrons. The van der Waals surface area contributed by atoms with Crippen molar-refractivity contribution in [3.63, 3.8) is 0 Å². The molecule has 0 atom stereocenters. The molecule has 2 rings (SSSR count). The first-order valence-corrected chi connectivity index (χ1v) is 7.69. The predicted molar refractivity (Wildman–Crippen MR) is 80.9 cm³/mol. The fraction of sp³-hybridized carbons (Fsp3) is 0.308. The van der Waals surface area contributed by atoms with Crippen LogP contribution >= 0.6 is 27.7 Å². The van der Waals surface area contributed by atoms with E-state index >= 15 is 0 Å². The van der Waals surface area contributed by atoms with Gasteiger partial charge in [-0.15, -0.1) is 11.8 Å². The second-order valence-corrected chi connectivity index (χ2v) is 5.66. The normalized spacial score (nSPS) is 10.9. The standard InChI is InChI=1S/C13H16BrN3S/c1-15-8-11-12(14)13(16-17(11)2)9-4-6-10(18-3)7-5-9/h4-7,15H,8H2,1-3H3. The van der Waals surface area contributed by atoms with Crippen LogP contribution in [0.5, 0.6) is 0 Å². The van der Waals surface area contributed by atoms with Gasteiger partial charge >= 0.3 is 0 Å². The molecule has 0 saturated heterocycles. The number of benzene rings is 1. The Labute approximate surface area is 120 Å². The van der Waals surface area contributed by atoms with Crippen LogP contribution in [0.3, 0.4) is 0 Å². The zero-order valence-corrected chi connectivity index (χ0v) is 13.1. The van der Waals surface area contributed by atoms with Gasteiger partial charge in [0.05, 0.1) is 10.2 Å². The molecular weight excluding hydrogens is 310 g/mol. The highest BCUT2D eigenvalue weighted by Gasteiger charge is 2.14. The van der Waals surface area contributed by atoms with Crippen LogP contribution < -0.4 is 5.32 Å². The Hall–Kier alpha value is -0.780. The van der Waals surface area contributed by atoms with E-state index in [4.69, 9.17) is 0 Å². The first-order valence-electron chi connectivity index (χ1n) is 5.67. The smallest absolute Gasteiger partial charge is 0.107 e. The maximum Gasteiger partial charge on any atom is 0.107 e. The summed E-state index contributed by atoms with van der Waals surface area (Å²) in [6.45, 7) is 0.799. The molecule has 0 fully saturated rings. The van der Waals surface area contributed by atoms with E-state index in [1.165, 1.54) is 4.90 Å². The lowest BCUT2D eigenvalue weighted by atomic mass is 10.1. The van der Waals surface area contributed by atoms with Crippen LogP contribution in [0.25, 0.3) is 11.3 Å². The number of aryl methyl sites for hydroxylation is 1. The van der Waals surface area contributed by atoms with Gasteiger partial charge in [-0.25, -0.2) is 0 Å². The number of nitrogens with zero attached hydrogens (tertiary/aromatic N) is 2. The second kappa shape index (κ2) is 5.91. The molecule has 0 amide bonds. The highest BCUT2D eigenvalue weighted by Crippen LogP contribution is 2.31. The minimum Gasteiger partial charge on any atom is -0.314 e. The molecule has 0 aliphatic carbocycles. The topological polar surface area (TPSA) is 29.9 Å². The lowest BCUT2D eigenvalue weighted by molar-refractivity contribution is 0.671.